The third kappa shape index (κ3) is 5.75. The molecule has 2 amide bonds. The molecule has 26 heavy (non-hydrogen) atoms. The van der Waals surface area contributed by atoms with E-state index >= 15 is 0 Å². The molecule has 2 rings (SSSR count). The van der Waals surface area contributed by atoms with Crippen molar-refractivity contribution < 1.29 is 4.79 Å². The molecule has 0 bridgehead atoms. The number of rotatable bonds is 8. The van der Waals surface area contributed by atoms with E-state index in [1.165, 1.54) is 5.56 Å². The van der Waals surface area contributed by atoms with Crippen LogP contribution in [0.2, 0.25) is 5.02 Å². The minimum absolute atomic E-state index is 0.109. The van der Waals surface area contributed by atoms with Crippen molar-refractivity contribution in [3.05, 3.63) is 70.2 Å². The Morgan fingerprint density at radius 1 is 0.923 bits per heavy atom. The molecular formula is C21H28ClN3O. The van der Waals surface area contributed by atoms with E-state index in [1.807, 2.05) is 36.4 Å². The summed E-state index contributed by atoms with van der Waals surface area (Å²) in [5.41, 5.74) is 3.35. The maximum Gasteiger partial charge on any atom is 0.317 e. The van der Waals surface area contributed by atoms with Crippen molar-refractivity contribution in [2.24, 2.45) is 0 Å². The second kappa shape index (κ2) is 10.2. The van der Waals surface area contributed by atoms with Crippen molar-refractivity contribution >= 4 is 17.6 Å². The summed E-state index contributed by atoms with van der Waals surface area (Å²) in [5.74, 6) is 0. The van der Waals surface area contributed by atoms with Gasteiger partial charge in [-0.1, -0.05) is 67.9 Å². The molecule has 0 saturated carbocycles. The topological polar surface area (TPSA) is 35.6 Å². The van der Waals surface area contributed by atoms with Gasteiger partial charge in [0.25, 0.3) is 0 Å². The van der Waals surface area contributed by atoms with Gasteiger partial charge in [-0.05, 0) is 35.8 Å². The van der Waals surface area contributed by atoms with Crippen molar-refractivity contribution in [3.63, 3.8) is 0 Å². The number of urea groups is 1. The molecule has 0 atom stereocenters. The monoisotopic (exact) mass is 373 g/mol. The fourth-order valence-corrected chi connectivity index (χ4v) is 3.03. The number of hydrogen-bond donors (Lipinski definition) is 1. The van der Waals surface area contributed by atoms with Crippen LogP contribution in [0.4, 0.5) is 4.79 Å². The van der Waals surface area contributed by atoms with Crippen LogP contribution >= 0.6 is 11.6 Å². The highest BCUT2D eigenvalue weighted by Crippen LogP contribution is 2.16. The number of hydrogen-bond acceptors (Lipinski definition) is 2. The third-order valence-electron chi connectivity index (χ3n) is 4.55. The van der Waals surface area contributed by atoms with Crippen molar-refractivity contribution in [1.29, 1.82) is 0 Å². The van der Waals surface area contributed by atoms with Crippen molar-refractivity contribution in [2.45, 2.75) is 33.5 Å². The summed E-state index contributed by atoms with van der Waals surface area (Å²) in [6, 6.07) is 15.8. The molecule has 1 N–H and O–H groups in total. The molecule has 0 aliphatic heterocycles. The lowest BCUT2D eigenvalue weighted by molar-refractivity contribution is 0.206. The van der Waals surface area contributed by atoms with Crippen LogP contribution in [0.25, 0.3) is 0 Å². The summed E-state index contributed by atoms with van der Waals surface area (Å²) in [6.45, 7) is 8.24. The van der Waals surface area contributed by atoms with Gasteiger partial charge in [-0.3, -0.25) is 4.90 Å². The molecule has 0 fully saturated rings. The van der Waals surface area contributed by atoms with E-state index in [0.29, 0.717) is 18.1 Å². The van der Waals surface area contributed by atoms with Crippen LogP contribution in [0.15, 0.2) is 48.5 Å². The average Bonchev–Trinajstić information content (AvgIpc) is 2.66. The molecular weight excluding hydrogens is 346 g/mol. The number of carbonyl (C=O) groups excluding carboxylic acids is 1. The molecule has 0 heterocycles. The van der Waals surface area contributed by atoms with E-state index in [9.17, 15) is 4.79 Å². The molecule has 5 heteroatoms. The summed E-state index contributed by atoms with van der Waals surface area (Å²) in [7, 11) is 1.78. The maximum absolute atomic E-state index is 12.4. The highest BCUT2D eigenvalue weighted by atomic mass is 35.5. The molecule has 0 saturated heterocycles. The SMILES string of the molecule is CCN(CC)Cc1ccccc1CNC(=O)N(C)Cc1ccccc1Cl. The zero-order chi connectivity index (χ0) is 18.9. The van der Waals surface area contributed by atoms with Gasteiger partial charge >= 0.3 is 6.03 Å². The Labute approximate surface area is 161 Å². The van der Waals surface area contributed by atoms with Gasteiger partial charge in [-0.15, -0.1) is 0 Å². The molecule has 2 aromatic rings. The first kappa shape index (κ1) is 20.3. The highest BCUT2D eigenvalue weighted by molar-refractivity contribution is 6.31. The fraction of sp³-hybridized carbons (Fsp3) is 0.381. The molecule has 0 aliphatic carbocycles. The number of carbonyl (C=O) groups is 1. The Hall–Kier alpha value is -2.04. The standard InChI is InChI=1S/C21H28ClN3O/c1-4-25(5-2)16-18-11-7-6-10-17(18)14-23-21(26)24(3)15-19-12-8-9-13-20(19)22/h6-13H,4-5,14-16H2,1-3H3,(H,23,26). The van der Waals surface area contributed by atoms with Gasteiger partial charge in [0.05, 0.1) is 0 Å². The van der Waals surface area contributed by atoms with Crippen LogP contribution in [0.5, 0.6) is 0 Å². The molecule has 0 unspecified atom stereocenters. The van der Waals surface area contributed by atoms with Crippen molar-refractivity contribution in [3.8, 4) is 0 Å². The predicted molar refractivity (Wildman–Crippen MR) is 108 cm³/mol. The molecule has 0 spiro atoms. The van der Waals surface area contributed by atoms with E-state index in [0.717, 1.165) is 30.8 Å². The summed E-state index contributed by atoms with van der Waals surface area (Å²) >= 11 is 6.18. The van der Waals surface area contributed by atoms with Gasteiger partial charge in [0.2, 0.25) is 0 Å². The van der Waals surface area contributed by atoms with Crippen molar-refractivity contribution in [2.75, 3.05) is 20.1 Å². The first-order valence-corrected chi connectivity index (χ1v) is 9.44. The van der Waals surface area contributed by atoms with E-state index < -0.39 is 0 Å². The third-order valence-corrected chi connectivity index (χ3v) is 4.92. The maximum atomic E-state index is 12.4. The number of nitrogens with zero attached hydrogens (tertiary/aromatic N) is 2. The van der Waals surface area contributed by atoms with Gasteiger partial charge in [-0.2, -0.15) is 0 Å². The minimum atomic E-state index is -0.109. The number of halogens is 1. The Bertz CT molecular complexity index is 716. The molecule has 140 valence electrons. The first-order valence-electron chi connectivity index (χ1n) is 9.06. The quantitative estimate of drug-likeness (QED) is 0.738. The summed E-state index contributed by atoms with van der Waals surface area (Å²) in [5, 5.41) is 3.69. The largest absolute Gasteiger partial charge is 0.334 e. The zero-order valence-corrected chi connectivity index (χ0v) is 16.6. The average molecular weight is 374 g/mol. The lowest BCUT2D eigenvalue weighted by atomic mass is 10.1. The number of nitrogens with one attached hydrogen (secondary N) is 1. The van der Waals surface area contributed by atoms with E-state index in [2.05, 4.69) is 36.2 Å². The van der Waals surface area contributed by atoms with Gasteiger partial charge in [0.15, 0.2) is 0 Å². The van der Waals surface area contributed by atoms with E-state index in [1.54, 1.807) is 11.9 Å². The Morgan fingerprint density at radius 3 is 2.12 bits per heavy atom. The Kier molecular flexibility index (Phi) is 7.95. The van der Waals surface area contributed by atoms with E-state index in [-0.39, 0.29) is 6.03 Å². The minimum Gasteiger partial charge on any atom is -0.334 e. The van der Waals surface area contributed by atoms with Crippen LogP contribution in [-0.4, -0.2) is 36.0 Å². The molecule has 0 aromatic heterocycles. The summed E-state index contributed by atoms with van der Waals surface area (Å²) < 4.78 is 0. The lowest BCUT2D eigenvalue weighted by Gasteiger charge is -2.22. The van der Waals surface area contributed by atoms with Gasteiger partial charge in [-0.25, -0.2) is 4.79 Å². The smallest absolute Gasteiger partial charge is 0.317 e. The molecule has 0 radical (unpaired) electrons. The fourth-order valence-electron chi connectivity index (χ4n) is 2.83. The normalized spacial score (nSPS) is 10.8. The zero-order valence-electron chi connectivity index (χ0n) is 15.8. The van der Waals surface area contributed by atoms with Crippen molar-refractivity contribution in [1.82, 2.24) is 15.1 Å². The molecule has 4 nitrogen and oxygen atoms in total. The van der Waals surface area contributed by atoms with Crippen LogP contribution in [0.1, 0.15) is 30.5 Å². The van der Waals surface area contributed by atoms with Gasteiger partial charge < -0.3 is 10.2 Å². The molecule has 2 aromatic carbocycles. The van der Waals surface area contributed by atoms with Gasteiger partial charge in [0.1, 0.15) is 0 Å². The summed E-state index contributed by atoms with van der Waals surface area (Å²) in [6.07, 6.45) is 0. The Morgan fingerprint density at radius 2 is 1.50 bits per heavy atom. The number of amides is 2. The second-order valence-corrected chi connectivity index (χ2v) is 6.74. The van der Waals surface area contributed by atoms with E-state index in [4.69, 9.17) is 11.6 Å². The van der Waals surface area contributed by atoms with Crippen LogP contribution in [0.3, 0.4) is 0 Å². The lowest BCUT2D eigenvalue weighted by Crippen LogP contribution is -2.36. The Balaban J connectivity index is 1.95. The summed E-state index contributed by atoms with van der Waals surface area (Å²) in [4.78, 5) is 16.5. The first-order chi connectivity index (χ1) is 12.5. The van der Waals surface area contributed by atoms with Gasteiger partial charge in [0, 0.05) is 31.7 Å². The second-order valence-electron chi connectivity index (χ2n) is 6.34. The number of benzene rings is 2. The van der Waals surface area contributed by atoms with Crippen LogP contribution in [-0.2, 0) is 19.6 Å². The van der Waals surface area contributed by atoms with Crippen LogP contribution in [0, 0.1) is 0 Å². The predicted octanol–water partition coefficient (Wildman–Crippen LogP) is 4.52. The molecule has 0 aliphatic rings. The van der Waals surface area contributed by atoms with Crippen LogP contribution < -0.4 is 5.32 Å². The highest BCUT2D eigenvalue weighted by Gasteiger charge is 2.12.